The van der Waals surface area contributed by atoms with Crippen LogP contribution in [0.1, 0.15) is 37.0 Å². The summed E-state index contributed by atoms with van der Waals surface area (Å²) >= 11 is 0. The molecule has 0 saturated heterocycles. The van der Waals surface area contributed by atoms with Gasteiger partial charge in [-0.05, 0) is 55.5 Å². The average molecular weight is 425 g/mol. The van der Waals surface area contributed by atoms with Crippen molar-refractivity contribution >= 4 is 46.5 Å². The van der Waals surface area contributed by atoms with Crippen LogP contribution in [0.25, 0.3) is 0 Å². The molecule has 0 fully saturated rings. The number of carbonyl (C=O) groups is 5. The molecule has 3 amide bonds. The molecule has 0 aromatic heterocycles. The van der Waals surface area contributed by atoms with E-state index in [9.17, 15) is 24.0 Å². The minimum atomic E-state index is -0.682. The Kier molecular flexibility index (Phi) is 8.44. The molecule has 9 nitrogen and oxygen atoms in total. The first-order valence-corrected chi connectivity index (χ1v) is 9.47. The van der Waals surface area contributed by atoms with Gasteiger partial charge in [0.1, 0.15) is 0 Å². The monoisotopic (exact) mass is 425 g/mol. The summed E-state index contributed by atoms with van der Waals surface area (Å²) in [6, 6.07) is 12.8. The number of nitrogens with one attached hydrogen (secondary N) is 3. The molecule has 31 heavy (non-hydrogen) atoms. The Labute approximate surface area is 179 Å². The molecule has 2 aromatic rings. The van der Waals surface area contributed by atoms with Crippen LogP contribution in [0.2, 0.25) is 0 Å². The maximum atomic E-state index is 11.9. The van der Waals surface area contributed by atoms with E-state index >= 15 is 0 Å². The summed E-state index contributed by atoms with van der Waals surface area (Å²) in [4.78, 5) is 57.8. The number of Topliss-reactive ketones (excluding diaryl/α,β-unsaturated/α-hetero) is 1. The van der Waals surface area contributed by atoms with Crippen LogP contribution in [0, 0.1) is 0 Å². The summed E-state index contributed by atoms with van der Waals surface area (Å²) in [7, 11) is 0. The Morgan fingerprint density at radius 3 is 1.68 bits per heavy atom. The zero-order chi connectivity index (χ0) is 22.8. The lowest BCUT2D eigenvalue weighted by molar-refractivity contribution is -0.147. The molecule has 0 spiro atoms. The molecule has 2 aromatic carbocycles. The van der Waals surface area contributed by atoms with Crippen LogP contribution in [0.3, 0.4) is 0 Å². The fourth-order valence-electron chi connectivity index (χ4n) is 2.48. The molecule has 0 aliphatic rings. The van der Waals surface area contributed by atoms with Crippen LogP contribution < -0.4 is 16.0 Å². The van der Waals surface area contributed by atoms with Crippen LogP contribution in [0.4, 0.5) is 17.1 Å². The van der Waals surface area contributed by atoms with E-state index in [4.69, 9.17) is 4.74 Å². The Morgan fingerprint density at radius 2 is 1.16 bits per heavy atom. The summed E-state index contributed by atoms with van der Waals surface area (Å²) in [6.45, 7) is 2.35. The highest BCUT2D eigenvalue weighted by molar-refractivity contribution is 5.96. The largest absolute Gasteiger partial charge is 0.456 e. The summed E-state index contributed by atoms with van der Waals surface area (Å²) < 4.78 is 4.87. The molecule has 0 aliphatic heterocycles. The lowest BCUT2D eigenvalue weighted by Gasteiger charge is -2.08. The predicted octanol–water partition coefficient (Wildman–Crippen LogP) is 2.75. The van der Waals surface area contributed by atoms with Crippen molar-refractivity contribution in [3.05, 3.63) is 54.1 Å². The third-order valence-electron chi connectivity index (χ3n) is 3.98. The fraction of sp³-hybridized carbons (Fsp3) is 0.227. The van der Waals surface area contributed by atoms with Crippen LogP contribution in [0.15, 0.2) is 48.5 Å². The first kappa shape index (κ1) is 23.3. The van der Waals surface area contributed by atoms with Crippen molar-refractivity contribution in [2.24, 2.45) is 0 Å². The number of hydrogen-bond acceptors (Lipinski definition) is 6. The van der Waals surface area contributed by atoms with E-state index < -0.39 is 18.5 Å². The van der Waals surface area contributed by atoms with E-state index in [1.54, 1.807) is 48.5 Å². The highest BCUT2D eigenvalue weighted by atomic mass is 16.5. The lowest BCUT2D eigenvalue weighted by Crippen LogP contribution is -2.21. The van der Waals surface area contributed by atoms with Gasteiger partial charge in [-0.1, -0.05) is 0 Å². The molecule has 3 N–H and O–H groups in total. The molecule has 0 radical (unpaired) electrons. The van der Waals surface area contributed by atoms with Crippen LogP contribution in [0.5, 0.6) is 0 Å². The van der Waals surface area contributed by atoms with Crippen molar-refractivity contribution < 1.29 is 28.7 Å². The number of carbonyl (C=O) groups excluding carboxylic acids is 5. The highest BCUT2D eigenvalue weighted by Gasteiger charge is 2.11. The maximum absolute atomic E-state index is 11.9. The summed E-state index contributed by atoms with van der Waals surface area (Å²) in [5, 5.41) is 7.78. The molecule has 0 heterocycles. The van der Waals surface area contributed by atoms with Gasteiger partial charge in [-0.25, -0.2) is 0 Å². The van der Waals surface area contributed by atoms with Crippen molar-refractivity contribution in [1.29, 1.82) is 0 Å². The molecule has 9 heteroatoms. The van der Waals surface area contributed by atoms with E-state index in [-0.39, 0.29) is 30.4 Å². The molecular weight excluding hydrogens is 402 g/mol. The smallest absolute Gasteiger partial charge is 0.306 e. The SMILES string of the molecule is CC(=O)Nc1ccc(NC(=O)CCC(=O)OCC(=O)Nc2ccc(C(C)=O)cc2)cc1. The van der Waals surface area contributed by atoms with E-state index in [1.165, 1.54) is 13.8 Å². The zero-order valence-electron chi connectivity index (χ0n) is 17.2. The molecule has 0 saturated carbocycles. The Hall–Kier alpha value is -4.01. The van der Waals surface area contributed by atoms with Gasteiger partial charge in [0.15, 0.2) is 12.4 Å². The number of hydrogen-bond donors (Lipinski definition) is 3. The molecule has 2 rings (SSSR count). The van der Waals surface area contributed by atoms with Crippen molar-refractivity contribution in [3.63, 3.8) is 0 Å². The van der Waals surface area contributed by atoms with Gasteiger partial charge in [-0.15, -0.1) is 0 Å². The van der Waals surface area contributed by atoms with E-state index in [0.29, 0.717) is 22.6 Å². The van der Waals surface area contributed by atoms with Gasteiger partial charge in [0.2, 0.25) is 11.8 Å². The van der Waals surface area contributed by atoms with Crippen molar-refractivity contribution in [2.45, 2.75) is 26.7 Å². The van der Waals surface area contributed by atoms with Gasteiger partial charge < -0.3 is 20.7 Å². The second-order valence-electron chi connectivity index (χ2n) is 6.65. The standard InChI is InChI=1S/C22H23N3O6/c1-14(26)16-3-5-18(6-4-16)25-21(29)13-31-22(30)12-11-20(28)24-19-9-7-17(8-10-19)23-15(2)27/h3-10H,11-13H2,1-2H3,(H,23,27)(H,24,28)(H,25,29). The number of ether oxygens (including phenoxy) is 1. The van der Waals surface area contributed by atoms with Crippen molar-refractivity contribution in [2.75, 3.05) is 22.6 Å². The Balaban J connectivity index is 1.68. The quantitative estimate of drug-likeness (QED) is 0.418. The van der Waals surface area contributed by atoms with Crippen LogP contribution in [-0.2, 0) is 23.9 Å². The van der Waals surface area contributed by atoms with E-state index in [1.807, 2.05) is 0 Å². The maximum Gasteiger partial charge on any atom is 0.306 e. The predicted molar refractivity (Wildman–Crippen MR) is 115 cm³/mol. The third-order valence-corrected chi connectivity index (χ3v) is 3.98. The highest BCUT2D eigenvalue weighted by Crippen LogP contribution is 2.14. The minimum absolute atomic E-state index is 0.0853. The van der Waals surface area contributed by atoms with Gasteiger partial charge in [0.05, 0.1) is 6.42 Å². The number of amides is 3. The third kappa shape index (κ3) is 8.48. The van der Waals surface area contributed by atoms with Crippen molar-refractivity contribution in [1.82, 2.24) is 0 Å². The van der Waals surface area contributed by atoms with Gasteiger partial charge in [0.25, 0.3) is 5.91 Å². The summed E-state index contributed by atoms with van der Waals surface area (Å²) in [5.41, 5.74) is 2.10. The first-order chi connectivity index (χ1) is 14.7. The van der Waals surface area contributed by atoms with Gasteiger partial charge >= 0.3 is 5.97 Å². The molecule has 162 valence electrons. The number of anilines is 3. The second kappa shape index (κ2) is 11.2. The molecular formula is C22H23N3O6. The van der Waals surface area contributed by atoms with Gasteiger partial charge in [-0.3, -0.25) is 24.0 Å². The molecule has 0 atom stereocenters. The fourth-order valence-corrected chi connectivity index (χ4v) is 2.48. The number of ketones is 1. The second-order valence-corrected chi connectivity index (χ2v) is 6.65. The number of rotatable bonds is 9. The Morgan fingerprint density at radius 1 is 0.677 bits per heavy atom. The van der Waals surface area contributed by atoms with Gasteiger partial charge in [-0.2, -0.15) is 0 Å². The molecule has 0 unspecified atom stereocenters. The summed E-state index contributed by atoms with van der Waals surface area (Å²) in [6.07, 6.45) is -0.295. The Bertz CT molecular complexity index is 968. The molecule has 0 aliphatic carbocycles. The van der Waals surface area contributed by atoms with E-state index in [0.717, 1.165) is 0 Å². The average Bonchev–Trinajstić information content (AvgIpc) is 2.72. The van der Waals surface area contributed by atoms with Crippen LogP contribution >= 0.6 is 0 Å². The topological polar surface area (TPSA) is 131 Å². The first-order valence-electron chi connectivity index (χ1n) is 9.47. The van der Waals surface area contributed by atoms with Gasteiger partial charge in [0, 0.05) is 36.0 Å². The van der Waals surface area contributed by atoms with Crippen LogP contribution in [-0.4, -0.2) is 36.1 Å². The zero-order valence-corrected chi connectivity index (χ0v) is 17.2. The number of esters is 1. The van der Waals surface area contributed by atoms with Crippen molar-refractivity contribution in [3.8, 4) is 0 Å². The lowest BCUT2D eigenvalue weighted by atomic mass is 10.1. The summed E-state index contributed by atoms with van der Waals surface area (Å²) in [5.74, 6) is -1.89. The normalized spacial score (nSPS) is 10.0. The molecule has 0 bridgehead atoms. The van der Waals surface area contributed by atoms with E-state index in [2.05, 4.69) is 16.0 Å². The minimum Gasteiger partial charge on any atom is -0.456 e. The number of benzene rings is 2.